The van der Waals surface area contributed by atoms with E-state index in [0.29, 0.717) is 15.8 Å². The van der Waals surface area contributed by atoms with E-state index in [1.165, 1.54) is 0 Å². The van der Waals surface area contributed by atoms with Crippen LogP contribution < -0.4 is 15.5 Å². The van der Waals surface area contributed by atoms with E-state index >= 15 is 0 Å². The van der Waals surface area contributed by atoms with Crippen molar-refractivity contribution >= 4 is 57.8 Å². The van der Waals surface area contributed by atoms with Gasteiger partial charge in [0.15, 0.2) is 10.9 Å². The summed E-state index contributed by atoms with van der Waals surface area (Å²) < 4.78 is 5.70. The van der Waals surface area contributed by atoms with Gasteiger partial charge in [-0.1, -0.05) is 42.3 Å². The number of hydrogen-bond donors (Lipinski definition) is 2. The fourth-order valence-corrected chi connectivity index (χ4v) is 4.19. The second-order valence-corrected chi connectivity index (χ2v) is 9.11. The number of para-hydroxylation sites is 2. The first-order valence-electron chi connectivity index (χ1n) is 10.4. The van der Waals surface area contributed by atoms with Crippen molar-refractivity contribution in [3.05, 3.63) is 70.4 Å². The molecule has 2 N–H and O–H groups in total. The van der Waals surface area contributed by atoms with Crippen molar-refractivity contribution in [2.75, 3.05) is 23.3 Å². The lowest BCUT2D eigenvalue weighted by atomic mass is 9.98. The van der Waals surface area contributed by atoms with Gasteiger partial charge in [0, 0.05) is 18.7 Å². The molecule has 1 fully saturated rings. The molecule has 8 heteroatoms. The van der Waals surface area contributed by atoms with Crippen LogP contribution in [0.2, 0.25) is 10.0 Å². The topological polar surface area (TPSA) is 57.5 Å². The van der Waals surface area contributed by atoms with Gasteiger partial charge in [0.1, 0.15) is 5.76 Å². The highest BCUT2D eigenvalue weighted by Gasteiger charge is 2.19. The van der Waals surface area contributed by atoms with E-state index in [9.17, 15) is 4.79 Å². The molecule has 0 saturated carbocycles. The summed E-state index contributed by atoms with van der Waals surface area (Å²) in [7, 11) is 0. The van der Waals surface area contributed by atoms with E-state index in [-0.39, 0.29) is 10.9 Å². The fraction of sp³-hybridized carbons (Fsp3) is 0.250. The molecule has 0 spiro atoms. The molecule has 0 bridgehead atoms. The van der Waals surface area contributed by atoms with Gasteiger partial charge in [0.2, 0.25) is 0 Å². The molecule has 4 rings (SSSR count). The fourth-order valence-electron chi connectivity index (χ4n) is 3.69. The van der Waals surface area contributed by atoms with Crippen LogP contribution in [0, 0.1) is 5.92 Å². The maximum Gasteiger partial charge on any atom is 0.293 e. The van der Waals surface area contributed by atoms with E-state index in [2.05, 4.69) is 28.5 Å². The van der Waals surface area contributed by atoms with Gasteiger partial charge in [-0.15, -0.1) is 0 Å². The van der Waals surface area contributed by atoms with Gasteiger partial charge >= 0.3 is 0 Å². The summed E-state index contributed by atoms with van der Waals surface area (Å²) in [5.41, 5.74) is 2.67. The molecule has 3 aromatic rings. The lowest BCUT2D eigenvalue weighted by molar-refractivity contribution is 0.0951. The smallest absolute Gasteiger partial charge is 0.293 e. The van der Waals surface area contributed by atoms with E-state index in [1.807, 2.05) is 18.2 Å². The van der Waals surface area contributed by atoms with Gasteiger partial charge in [-0.3, -0.25) is 10.1 Å². The number of carbonyl (C=O) groups excluding carboxylic acids is 1. The van der Waals surface area contributed by atoms with Crippen molar-refractivity contribution in [3.63, 3.8) is 0 Å². The molecular weight excluding hydrogens is 465 g/mol. The second-order valence-electron chi connectivity index (χ2n) is 7.89. The van der Waals surface area contributed by atoms with Crippen LogP contribution in [0.1, 0.15) is 30.3 Å². The van der Waals surface area contributed by atoms with Gasteiger partial charge in [-0.05, 0) is 73.4 Å². The average molecular weight is 488 g/mol. The number of amides is 1. The normalized spacial score (nSPS) is 14.3. The molecule has 0 radical (unpaired) electrons. The molecule has 1 aliphatic rings. The molecule has 1 aromatic heterocycles. The van der Waals surface area contributed by atoms with Gasteiger partial charge in [0.25, 0.3) is 5.91 Å². The molecule has 5 nitrogen and oxygen atoms in total. The van der Waals surface area contributed by atoms with Crippen LogP contribution in [0.25, 0.3) is 11.3 Å². The summed E-state index contributed by atoms with van der Waals surface area (Å²) in [4.78, 5) is 15.0. The van der Waals surface area contributed by atoms with Gasteiger partial charge in [0.05, 0.1) is 21.4 Å². The number of hydrogen-bond acceptors (Lipinski definition) is 4. The predicted octanol–water partition coefficient (Wildman–Crippen LogP) is 6.62. The van der Waals surface area contributed by atoms with E-state index < -0.39 is 5.91 Å². The maximum atomic E-state index is 12.6. The SMILES string of the molecule is CC1CCN(c2ccccc2NC(=S)NC(=O)c2ccc(-c3ccc(Cl)c(Cl)c3)o2)CC1. The third-order valence-electron chi connectivity index (χ3n) is 5.54. The number of rotatable bonds is 4. The Morgan fingerprint density at radius 3 is 2.56 bits per heavy atom. The van der Waals surface area contributed by atoms with Crippen LogP contribution in [-0.2, 0) is 0 Å². The Morgan fingerprint density at radius 1 is 1.06 bits per heavy atom. The van der Waals surface area contributed by atoms with Crippen LogP contribution in [0.15, 0.2) is 59.0 Å². The third kappa shape index (κ3) is 5.26. The lowest BCUT2D eigenvalue weighted by Crippen LogP contribution is -2.36. The summed E-state index contributed by atoms with van der Waals surface area (Å²) >= 11 is 17.4. The Morgan fingerprint density at radius 2 is 1.81 bits per heavy atom. The highest BCUT2D eigenvalue weighted by Crippen LogP contribution is 2.31. The quantitative estimate of drug-likeness (QED) is 0.405. The lowest BCUT2D eigenvalue weighted by Gasteiger charge is -2.33. The predicted molar refractivity (Wildman–Crippen MR) is 135 cm³/mol. The Bertz CT molecular complexity index is 1140. The molecule has 1 aliphatic heterocycles. The van der Waals surface area contributed by atoms with Crippen LogP contribution in [-0.4, -0.2) is 24.1 Å². The highest BCUT2D eigenvalue weighted by molar-refractivity contribution is 7.80. The number of nitrogens with one attached hydrogen (secondary N) is 2. The number of carbonyl (C=O) groups is 1. The number of furan rings is 1. The summed E-state index contributed by atoms with van der Waals surface area (Å²) in [6, 6.07) is 16.4. The standard InChI is InChI=1S/C24H23Cl2N3O2S/c1-15-10-12-29(13-11-15)20-5-3-2-4-19(20)27-24(32)28-23(30)22-9-8-21(31-22)16-6-7-17(25)18(26)14-16/h2-9,14-15H,10-13H2,1H3,(H2,27,28,30,32). The zero-order chi connectivity index (χ0) is 22.7. The molecule has 166 valence electrons. The molecule has 1 saturated heterocycles. The van der Waals surface area contributed by atoms with Crippen molar-refractivity contribution < 1.29 is 9.21 Å². The Hall–Kier alpha value is -2.54. The second kappa shape index (κ2) is 9.94. The summed E-state index contributed by atoms with van der Waals surface area (Å²) in [6.45, 7) is 4.29. The molecule has 2 heterocycles. The largest absolute Gasteiger partial charge is 0.451 e. The zero-order valence-corrected chi connectivity index (χ0v) is 19.9. The first-order chi connectivity index (χ1) is 15.4. The van der Waals surface area contributed by atoms with Crippen LogP contribution in [0.3, 0.4) is 0 Å². The van der Waals surface area contributed by atoms with Crippen LogP contribution in [0.5, 0.6) is 0 Å². The van der Waals surface area contributed by atoms with E-state index in [4.69, 9.17) is 39.8 Å². The van der Waals surface area contributed by atoms with Crippen molar-refractivity contribution in [2.45, 2.75) is 19.8 Å². The highest BCUT2D eigenvalue weighted by atomic mass is 35.5. The summed E-state index contributed by atoms with van der Waals surface area (Å²) in [6.07, 6.45) is 2.32. The number of thiocarbonyl (C=S) groups is 1. The molecule has 32 heavy (non-hydrogen) atoms. The van der Waals surface area contributed by atoms with Crippen molar-refractivity contribution in [3.8, 4) is 11.3 Å². The Labute approximate surface area is 202 Å². The van der Waals surface area contributed by atoms with Gasteiger partial charge in [-0.25, -0.2) is 0 Å². The van der Waals surface area contributed by atoms with E-state index in [1.54, 1.807) is 30.3 Å². The summed E-state index contributed by atoms with van der Waals surface area (Å²) in [5, 5.41) is 6.92. The maximum absolute atomic E-state index is 12.6. The van der Waals surface area contributed by atoms with Crippen molar-refractivity contribution in [2.24, 2.45) is 5.92 Å². The van der Waals surface area contributed by atoms with E-state index in [0.717, 1.165) is 48.8 Å². The number of anilines is 2. The molecule has 0 aliphatic carbocycles. The third-order valence-corrected chi connectivity index (χ3v) is 6.48. The zero-order valence-electron chi connectivity index (χ0n) is 17.5. The monoisotopic (exact) mass is 487 g/mol. The molecule has 0 unspecified atom stereocenters. The van der Waals surface area contributed by atoms with Crippen molar-refractivity contribution in [1.82, 2.24) is 5.32 Å². The van der Waals surface area contributed by atoms with Gasteiger partial charge in [-0.2, -0.15) is 0 Å². The minimum atomic E-state index is -0.432. The molecule has 0 atom stereocenters. The molecular formula is C24H23Cl2N3O2S. The Balaban J connectivity index is 1.41. The minimum absolute atomic E-state index is 0.147. The minimum Gasteiger partial charge on any atom is -0.451 e. The van der Waals surface area contributed by atoms with Crippen molar-refractivity contribution in [1.29, 1.82) is 0 Å². The first-order valence-corrected chi connectivity index (χ1v) is 11.6. The Kier molecular flexibility index (Phi) is 7.04. The number of benzene rings is 2. The summed E-state index contributed by atoms with van der Waals surface area (Å²) in [5.74, 6) is 0.970. The average Bonchev–Trinajstić information content (AvgIpc) is 3.27. The van der Waals surface area contributed by atoms with Gasteiger partial charge < -0.3 is 14.6 Å². The van der Waals surface area contributed by atoms with Crippen LogP contribution >= 0.6 is 35.4 Å². The number of halogens is 2. The van der Waals surface area contributed by atoms with Crippen LogP contribution in [0.4, 0.5) is 11.4 Å². The number of piperidine rings is 1. The molecule has 2 aromatic carbocycles. The first kappa shape index (κ1) is 22.6. The number of nitrogens with zero attached hydrogens (tertiary/aromatic N) is 1. The molecule has 1 amide bonds.